The van der Waals surface area contributed by atoms with E-state index < -0.39 is 23.3 Å². The second-order valence-electron chi connectivity index (χ2n) is 6.30. The van der Waals surface area contributed by atoms with E-state index in [1.54, 1.807) is 29.2 Å². The number of alkyl halides is 3. The van der Waals surface area contributed by atoms with Crippen LogP contribution in [0.15, 0.2) is 30.5 Å². The largest absolute Gasteiger partial charge is 0.490 e. The minimum absolute atomic E-state index is 0.124. The number of morpholine rings is 1. The van der Waals surface area contributed by atoms with Crippen LogP contribution >= 0.6 is 0 Å². The molecule has 148 valence electrons. The van der Waals surface area contributed by atoms with Gasteiger partial charge in [-0.05, 0) is 12.1 Å². The number of rotatable bonds is 2. The van der Waals surface area contributed by atoms with Crippen LogP contribution in [0.2, 0.25) is 0 Å². The number of aromatic nitrogens is 2. The number of carbonyl (C=O) groups excluding carboxylic acids is 1. The van der Waals surface area contributed by atoms with Gasteiger partial charge in [0.05, 0.1) is 31.0 Å². The first-order valence-corrected chi connectivity index (χ1v) is 8.76. The molecule has 1 aromatic carbocycles. The van der Waals surface area contributed by atoms with Crippen molar-refractivity contribution in [3.05, 3.63) is 41.7 Å². The van der Waals surface area contributed by atoms with Gasteiger partial charge in [0.1, 0.15) is 12.4 Å². The predicted molar refractivity (Wildman–Crippen MR) is 92.7 cm³/mol. The average molecular weight is 394 g/mol. The molecule has 2 aliphatic heterocycles. The van der Waals surface area contributed by atoms with Gasteiger partial charge in [-0.2, -0.15) is 13.2 Å². The molecule has 0 radical (unpaired) electrons. The minimum atomic E-state index is -4.79. The van der Waals surface area contributed by atoms with Gasteiger partial charge in [-0.1, -0.05) is 12.1 Å². The number of ether oxygens (including phenoxy) is 2. The molecule has 4 rings (SSSR count). The van der Waals surface area contributed by atoms with Gasteiger partial charge < -0.3 is 19.3 Å². The zero-order valence-electron chi connectivity index (χ0n) is 14.8. The van der Waals surface area contributed by atoms with Gasteiger partial charge in [0.2, 0.25) is 5.95 Å². The fourth-order valence-electron chi connectivity index (χ4n) is 3.19. The Morgan fingerprint density at radius 1 is 1.07 bits per heavy atom. The number of nitrogens with zero attached hydrogens (tertiary/aromatic N) is 4. The van der Waals surface area contributed by atoms with Gasteiger partial charge in [0.15, 0.2) is 5.69 Å². The molecule has 0 N–H and O–H groups in total. The van der Waals surface area contributed by atoms with E-state index in [0.29, 0.717) is 18.0 Å². The fourth-order valence-corrected chi connectivity index (χ4v) is 3.19. The Morgan fingerprint density at radius 3 is 2.57 bits per heavy atom. The molecule has 0 aliphatic carbocycles. The number of anilines is 2. The van der Waals surface area contributed by atoms with Crippen molar-refractivity contribution >= 4 is 17.5 Å². The Morgan fingerprint density at radius 2 is 1.82 bits per heavy atom. The molecule has 2 aliphatic rings. The molecule has 0 unspecified atom stereocenters. The summed E-state index contributed by atoms with van der Waals surface area (Å²) in [5.74, 6) is -0.328. The zero-order valence-corrected chi connectivity index (χ0v) is 14.8. The number of carbonyl (C=O) groups is 1. The molecule has 0 bridgehead atoms. The Balaban J connectivity index is 1.73. The highest BCUT2D eigenvalue weighted by Gasteiger charge is 2.40. The van der Waals surface area contributed by atoms with Crippen LogP contribution in [-0.2, 0) is 10.9 Å². The molecule has 10 heteroatoms. The summed E-state index contributed by atoms with van der Waals surface area (Å²) in [4.78, 5) is 23.3. The lowest BCUT2D eigenvalue weighted by molar-refractivity contribution is -0.141. The van der Waals surface area contributed by atoms with E-state index in [1.807, 2.05) is 0 Å². The van der Waals surface area contributed by atoms with Crippen molar-refractivity contribution in [3.8, 4) is 5.75 Å². The van der Waals surface area contributed by atoms with Crippen LogP contribution in [-0.4, -0.2) is 60.2 Å². The van der Waals surface area contributed by atoms with Crippen molar-refractivity contribution in [1.82, 2.24) is 14.9 Å². The lowest BCUT2D eigenvalue weighted by Crippen LogP contribution is -2.41. The van der Waals surface area contributed by atoms with Gasteiger partial charge in [-0.3, -0.25) is 4.79 Å². The molecule has 1 amide bonds. The molecule has 1 fully saturated rings. The molecule has 7 nitrogen and oxygen atoms in total. The number of hydrogen-bond acceptors (Lipinski definition) is 6. The van der Waals surface area contributed by atoms with Crippen LogP contribution in [0, 0.1) is 0 Å². The van der Waals surface area contributed by atoms with E-state index in [9.17, 15) is 18.0 Å². The monoisotopic (exact) mass is 394 g/mol. The standard InChI is InChI=1S/C18H17F3N4O3/c19-18(20,21)15-12(16(26)24-5-8-27-9-6-24)11-22-17(23-15)25-7-10-28-14-4-2-1-3-13(14)25/h1-4,11H,5-10H2. The minimum Gasteiger partial charge on any atom is -0.490 e. The Hall–Kier alpha value is -2.88. The van der Waals surface area contributed by atoms with Crippen LogP contribution in [0.1, 0.15) is 16.1 Å². The average Bonchev–Trinajstić information content (AvgIpc) is 2.72. The summed E-state index contributed by atoms with van der Waals surface area (Å²) in [6, 6.07) is 6.97. The summed E-state index contributed by atoms with van der Waals surface area (Å²) in [6.45, 7) is 1.62. The number of para-hydroxylation sites is 2. The first-order valence-electron chi connectivity index (χ1n) is 8.76. The van der Waals surface area contributed by atoms with E-state index in [0.717, 1.165) is 6.20 Å². The first kappa shape index (κ1) is 18.5. The van der Waals surface area contributed by atoms with Crippen LogP contribution in [0.3, 0.4) is 0 Å². The van der Waals surface area contributed by atoms with Crippen molar-refractivity contribution in [3.63, 3.8) is 0 Å². The maximum atomic E-state index is 13.7. The van der Waals surface area contributed by atoms with Crippen LogP contribution in [0.25, 0.3) is 0 Å². The summed E-state index contributed by atoms with van der Waals surface area (Å²) in [5, 5.41) is 0. The Bertz CT molecular complexity index is 885. The summed E-state index contributed by atoms with van der Waals surface area (Å²) < 4.78 is 51.7. The highest BCUT2D eigenvalue weighted by atomic mass is 19.4. The van der Waals surface area contributed by atoms with Gasteiger partial charge in [-0.25, -0.2) is 9.97 Å². The molecule has 28 heavy (non-hydrogen) atoms. The van der Waals surface area contributed by atoms with Gasteiger partial charge in [-0.15, -0.1) is 0 Å². The normalized spacial score (nSPS) is 17.1. The molecule has 0 spiro atoms. The number of halogens is 3. The van der Waals surface area contributed by atoms with Gasteiger partial charge in [0.25, 0.3) is 5.91 Å². The highest BCUT2D eigenvalue weighted by Crippen LogP contribution is 2.37. The molecule has 1 aromatic heterocycles. The van der Waals surface area contributed by atoms with Crippen LogP contribution < -0.4 is 9.64 Å². The maximum Gasteiger partial charge on any atom is 0.434 e. The quantitative estimate of drug-likeness (QED) is 0.780. The van der Waals surface area contributed by atoms with E-state index in [2.05, 4.69) is 9.97 Å². The van der Waals surface area contributed by atoms with E-state index in [4.69, 9.17) is 9.47 Å². The number of amides is 1. The van der Waals surface area contributed by atoms with Crippen molar-refractivity contribution in [2.45, 2.75) is 6.18 Å². The molecule has 3 heterocycles. The topological polar surface area (TPSA) is 67.8 Å². The number of hydrogen-bond donors (Lipinski definition) is 0. The van der Waals surface area contributed by atoms with E-state index in [-0.39, 0.29) is 38.9 Å². The molecular weight excluding hydrogens is 377 g/mol. The lowest BCUT2D eigenvalue weighted by Gasteiger charge is -2.30. The third-order valence-electron chi connectivity index (χ3n) is 4.54. The SMILES string of the molecule is O=C(c1cnc(N2CCOc3ccccc32)nc1C(F)(F)F)N1CCOCC1. The van der Waals surface area contributed by atoms with E-state index in [1.165, 1.54) is 4.90 Å². The van der Waals surface area contributed by atoms with Crippen molar-refractivity contribution in [1.29, 1.82) is 0 Å². The Kier molecular flexibility index (Phi) is 4.80. The fraction of sp³-hybridized carbons (Fsp3) is 0.389. The zero-order chi connectivity index (χ0) is 19.7. The maximum absolute atomic E-state index is 13.7. The Labute approximate surface area is 158 Å². The van der Waals surface area contributed by atoms with Crippen LogP contribution in [0.5, 0.6) is 5.75 Å². The van der Waals surface area contributed by atoms with Crippen molar-refractivity contribution < 1.29 is 27.4 Å². The first-order chi connectivity index (χ1) is 13.4. The molecular formula is C18H17F3N4O3. The van der Waals surface area contributed by atoms with Gasteiger partial charge in [0, 0.05) is 19.3 Å². The van der Waals surface area contributed by atoms with Gasteiger partial charge >= 0.3 is 6.18 Å². The van der Waals surface area contributed by atoms with Crippen molar-refractivity contribution in [2.24, 2.45) is 0 Å². The summed E-state index contributed by atoms with van der Waals surface area (Å²) in [6.07, 6.45) is -3.83. The lowest BCUT2D eigenvalue weighted by atomic mass is 10.2. The second-order valence-corrected chi connectivity index (χ2v) is 6.30. The van der Waals surface area contributed by atoms with Crippen molar-refractivity contribution in [2.75, 3.05) is 44.4 Å². The summed E-state index contributed by atoms with van der Waals surface area (Å²) >= 11 is 0. The summed E-state index contributed by atoms with van der Waals surface area (Å²) in [5.41, 5.74) is -1.22. The highest BCUT2D eigenvalue weighted by molar-refractivity contribution is 5.95. The number of fused-ring (bicyclic) bond motifs is 1. The van der Waals surface area contributed by atoms with Crippen LogP contribution in [0.4, 0.5) is 24.8 Å². The third-order valence-corrected chi connectivity index (χ3v) is 4.54. The second kappa shape index (κ2) is 7.27. The molecule has 2 aromatic rings. The third kappa shape index (κ3) is 3.47. The van der Waals surface area contributed by atoms with E-state index >= 15 is 0 Å². The predicted octanol–water partition coefficient (Wildman–Crippen LogP) is 2.50. The molecule has 1 saturated heterocycles. The molecule has 0 saturated carbocycles. The molecule has 0 atom stereocenters. The number of benzene rings is 1. The summed E-state index contributed by atoms with van der Waals surface area (Å²) in [7, 11) is 0. The smallest absolute Gasteiger partial charge is 0.434 e.